The molecular formula is C49H61Br3N12O3. The third-order valence-electron chi connectivity index (χ3n) is 14.7. The normalized spacial score (nSPS) is 20.2. The van der Waals surface area contributed by atoms with Gasteiger partial charge < -0.3 is 32.2 Å². The summed E-state index contributed by atoms with van der Waals surface area (Å²) in [6, 6.07) is 6.07. The standard InChI is InChI=1S/3C16H19BrN4O.CH4/c3*17-14-8-11-9(5-3-7-12(11)19-14)16(22)21-15(18)10-4-1-2-6-13(10)20-21;/h3*8-9,19H,1-7,18H2;1H4/t9-;;;/m0.../s1. The van der Waals surface area contributed by atoms with E-state index < -0.39 is 0 Å². The van der Waals surface area contributed by atoms with E-state index in [-0.39, 0.29) is 42.9 Å². The van der Waals surface area contributed by atoms with E-state index in [0.29, 0.717) is 17.5 Å². The number of rotatable bonds is 3. The molecule has 0 fully saturated rings. The summed E-state index contributed by atoms with van der Waals surface area (Å²) in [6.45, 7) is 0. The van der Waals surface area contributed by atoms with Crippen LogP contribution in [0.3, 0.4) is 0 Å². The van der Waals surface area contributed by atoms with Crippen LogP contribution in [0.5, 0.6) is 0 Å². The first kappa shape index (κ1) is 47.4. The number of halogens is 3. The molecule has 2 unspecified atom stereocenters. The summed E-state index contributed by atoms with van der Waals surface area (Å²) in [6.07, 6.45) is 21.1. The molecular weight excluding hydrogens is 1040 g/mol. The van der Waals surface area contributed by atoms with Crippen LogP contribution in [0.15, 0.2) is 32.0 Å². The fraction of sp³-hybridized carbons (Fsp3) is 0.510. The van der Waals surface area contributed by atoms with Crippen LogP contribution in [0.1, 0.15) is 184 Å². The first-order valence-corrected chi connectivity index (χ1v) is 26.2. The van der Waals surface area contributed by atoms with Crippen LogP contribution in [-0.2, 0) is 57.8 Å². The maximum atomic E-state index is 13.0. The molecule has 6 aromatic rings. The Morgan fingerprint density at radius 2 is 0.716 bits per heavy atom. The summed E-state index contributed by atoms with van der Waals surface area (Å²) in [4.78, 5) is 48.9. The van der Waals surface area contributed by atoms with E-state index in [0.717, 1.165) is 216 Å². The SMILES string of the molecule is C.Nc1c2c(nn1C(=O)C1CCCc3[nH]c(Br)cc31)CCCC2.Nc1c2c(nn1C(=O)C1CCCc3[nH]c(Br)cc31)CCCC2.Nc1c2c(nn1C(=O)[C@H]1CCCc3[nH]c(Br)cc31)CCCC2. The molecule has 12 rings (SSSR count). The molecule has 9 N–H and O–H groups in total. The zero-order valence-electron chi connectivity index (χ0n) is 37.1. The van der Waals surface area contributed by atoms with Crippen molar-refractivity contribution in [3.8, 4) is 0 Å². The fourth-order valence-electron chi connectivity index (χ4n) is 11.3. The van der Waals surface area contributed by atoms with Crippen molar-refractivity contribution in [1.29, 1.82) is 0 Å². The second kappa shape index (κ2) is 19.7. The van der Waals surface area contributed by atoms with Crippen molar-refractivity contribution in [2.24, 2.45) is 0 Å². The van der Waals surface area contributed by atoms with Crippen molar-refractivity contribution in [3.05, 3.63) is 99.6 Å². The summed E-state index contributed by atoms with van der Waals surface area (Å²) >= 11 is 10.4. The maximum absolute atomic E-state index is 13.0. The van der Waals surface area contributed by atoms with Crippen LogP contribution in [0.4, 0.5) is 17.5 Å². The van der Waals surface area contributed by atoms with Crippen LogP contribution in [-0.4, -0.2) is 62.0 Å². The van der Waals surface area contributed by atoms with E-state index in [1.54, 1.807) is 0 Å². The topological polar surface area (TPSA) is 230 Å². The number of nitrogen functional groups attached to an aromatic ring is 3. The van der Waals surface area contributed by atoms with Crippen LogP contribution in [0.25, 0.3) is 0 Å². The van der Waals surface area contributed by atoms with Gasteiger partial charge in [-0.25, -0.2) is 0 Å². The second-order valence-corrected chi connectivity index (χ2v) is 21.4. The Hall–Kier alpha value is -4.68. The van der Waals surface area contributed by atoms with E-state index in [1.165, 1.54) is 14.0 Å². The second-order valence-electron chi connectivity index (χ2n) is 18.8. The van der Waals surface area contributed by atoms with Gasteiger partial charge in [-0.2, -0.15) is 29.3 Å². The fourth-order valence-corrected chi connectivity index (χ4v) is 12.8. The molecule has 6 aliphatic rings. The molecule has 6 aliphatic carbocycles. The highest BCUT2D eigenvalue weighted by Crippen LogP contribution is 2.39. The molecule has 0 spiro atoms. The summed E-state index contributed by atoms with van der Waals surface area (Å²) in [5.41, 5.74) is 31.7. The number of nitrogens with one attached hydrogen (secondary N) is 3. The summed E-state index contributed by atoms with van der Waals surface area (Å²) < 4.78 is 7.21. The van der Waals surface area contributed by atoms with Crippen LogP contribution >= 0.6 is 47.8 Å². The molecule has 356 valence electrons. The maximum Gasteiger partial charge on any atom is 0.256 e. The number of carbonyl (C=O) groups is 3. The van der Waals surface area contributed by atoms with Gasteiger partial charge in [0.2, 0.25) is 0 Å². The highest BCUT2D eigenvalue weighted by molar-refractivity contribution is 9.11. The van der Waals surface area contributed by atoms with Gasteiger partial charge in [-0.3, -0.25) is 14.4 Å². The Morgan fingerprint density at radius 1 is 0.448 bits per heavy atom. The van der Waals surface area contributed by atoms with Gasteiger partial charge in [-0.15, -0.1) is 0 Å². The number of hydrogen-bond acceptors (Lipinski definition) is 9. The first-order chi connectivity index (χ1) is 31.9. The van der Waals surface area contributed by atoms with Gasteiger partial charge in [-0.05, 0) is 218 Å². The molecule has 0 aromatic carbocycles. The number of carbonyl (C=O) groups excluding carboxylic acids is 3. The third kappa shape index (κ3) is 9.06. The van der Waals surface area contributed by atoms with Crippen molar-refractivity contribution in [1.82, 2.24) is 44.3 Å². The molecule has 3 atom stereocenters. The number of anilines is 3. The Kier molecular flexibility index (Phi) is 14.0. The number of aryl methyl sites for hydroxylation is 6. The third-order valence-corrected chi connectivity index (χ3v) is 16.0. The number of nitrogens with zero attached hydrogens (tertiary/aromatic N) is 6. The van der Waals surface area contributed by atoms with Crippen LogP contribution in [0, 0.1) is 0 Å². The van der Waals surface area contributed by atoms with E-state index in [2.05, 4.69) is 78.0 Å². The number of aromatic nitrogens is 9. The zero-order valence-corrected chi connectivity index (χ0v) is 41.8. The van der Waals surface area contributed by atoms with Crippen molar-refractivity contribution in [2.75, 3.05) is 17.2 Å². The summed E-state index contributed by atoms with van der Waals surface area (Å²) in [5.74, 6) is 1.28. The summed E-state index contributed by atoms with van der Waals surface area (Å²) in [7, 11) is 0. The Bertz CT molecular complexity index is 2540. The van der Waals surface area contributed by atoms with Crippen LogP contribution < -0.4 is 17.2 Å². The lowest BCUT2D eigenvalue weighted by Crippen LogP contribution is -2.25. The van der Waals surface area contributed by atoms with E-state index >= 15 is 0 Å². The van der Waals surface area contributed by atoms with Crippen molar-refractivity contribution >= 4 is 83.0 Å². The molecule has 6 heterocycles. The van der Waals surface area contributed by atoms with Crippen molar-refractivity contribution in [3.63, 3.8) is 0 Å². The predicted molar refractivity (Wildman–Crippen MR) is 271 cm³/mol. The van der Waals surface area contributed by atoms with Gasteiger partial charge in [0.1, 0.15) is 17.5 Å². The van der Waals surface area contributed by atoms with Crippen molar-refractivity contribution < 1.29 is 14.4 Å². The van der Waals surface area contributed by atoms with Gasteiger partial charge in [0.25, 0.3) is 17.7 Å². The highest BCUT2D eigenvalue weighted by atomic mass is 79.9. The predicted octanol–water partition coefficient (Wildman–Crippen LogP) is 10.2. The number of aromatic amines is 3. The average molecular weight is 1110 g/mol. The monoisotopic (exact) mass is 1100 g/mol. The first-order valence-electron chi connectivity index (χ1n) is 23.8. The smallest absolute Gasteiger partial charge is 0.256 e. The Labute approximate surface area is 415 Å². The van der Waals surface area contributed by atoms with E-state index in [4.69, 9.17) is 17.2 Å². The Balaban J connectivity index is 0.000000125. The minimum absolute atomic E-state index is 0. The molecule has 0 bridgehead atoms. The van der Waals surface area contributed by atoms with Crippen LogP contribution in [0.2, 0.25) is 0 Å². The quantitative estimate of drug-likeness (QED) is 0.0989. The molecule has 0 saturated carbocycles. The van der Waals surface area contributed by atoms with Crippen molar-refractivity contribution in [2.45, 2.75) is 160 Å². The average Bonchev–Trinajstić information content (AvgIpc) is 4.19. The summed E-state index contributed by atoms with van der Waals surface area (Å²) in [5, 5.41) is 13.6. The molecule has 0 radical (unpaired) electrons. The van der Waals surface area contributed by atoms with E-state index in [1.807, 2.05) is 18.2 Å². The van der Waals surface area contributed by atoms with Gasteiger partial charge in [0.15, 0.2) is 0 Å². The van der Waals surface area contributed by atoms with E-state index in [9.17, 15) is 14.4 Å². The van der Waals surface area contributed by atoms with Gasteiger partial charge in [0, 0.05) is 33.8 Å². The van der Waals surface area contributed by atoms with Gasteiger partial charge >= 0.3 is 0 Å². The van der Waals surface area contributed by atoms with Gasteiger partial charge in [0.05, 0.1) is 48.6 Å². The minimum atomic E-state index is -0.144. The lowest BCUT2D eigenvalue weighted by Gasteiger charge is -2.21. The molecule has 67 heavy (non-hydrogen) atoms. The van der Waals surface area contributed by atoms with Gasteiger partial charge in [-0.1, -0.05) is 7.43 Å². The number of H-pyrrole nitrogens is 3. The molecule has 15 nitrogen and oxygen atoms in total. The Morgan fingerprint density at radius 3 is 0.985 bits per heavy atom. The lowest BCUT2D eigenvalue weighted by atomic mass is 9.86. The lowest BCUT2D eigenvalue weighted by molar-refractivity contribution is 0.0846. The molecule has 6 aromatic heterocycles. The number of hydrogen-bond donors (Lipinski definition) is 6. The molecule has 0 saturated heterocycles. The number of fused-ring (bicyclic) bond motifs is 6. The number of nitrogens with two attached hydrogens (primary N) is 3. The molecule has 18 heteroatoms. The minimum Gasteiger partial charge on any atom is -0.383 e. The highest BCUT2D eigenvalue weighted by Gasteiger charge is 2.35. The largest absolute Gasteiger partial charge is 0.383 e. The molecule has 0 aliphatic heterocycles. The zero-order chi connectivity index (χ0) is 45.8. The molecule has 0 amide bonds.